The molecule has 6 heteroatoms. The first-order valence-corrected chi connectivity index (χ1v) is 6.78. The molecule has 0 aliphatic carbocycles. The van der Waals surface area contributed by atoms with Crippen molar-refractivity contribution in [1.29, 1.82) is 0 Å². The maximum absolute atomic E-state index is 11.0. The van der Waals surface area contributed by atoms with Gasteiger partial charge in [0.25, 0.3) is 0 Å². The number of anilines is 1. The van der Waals surface area contributed by atoms with E-state index >= 15 is 0 Å². The number of aromatic nitrogens is 2. The van der Waals surface area contributed by atoms with Gasteiger partial charge >= 0.3 is 0 Å². The molecule has 0 saturated carbocycles. The van der Waals surface area contributed by atoms with Crippen LogP contribution in [0.1, 0.15) is 25.1 Å². The molecule has 6 nitrogen and oxygen atoms in total. The van der Waals surface area contributed by atoms with Gasteiger partial charge in [0.2, 0.25) is 5.91 Å². The number of amides is 1. The van der Waals surface area contributed by atoms with Crippen molar-refractivity contribution >= 4 is 11.7 Å². The summed E-state index contributed by atoms with van der Waals surface area (Å²) in [6.45, 7) is 4.30. The fraction of sp³-hybridized carbons (Fsp3) is 0.429. The van der Waals surface area contributed by atoms with Crippen LogP contribution in [-0.2, 0) is 11.3 Å². The van der Waals surface area contributed by atoms with Crippen molar-refractivity contribution in [3.8, 4) is 0 Å². The number of likely N-dealkylation sites (tertiary alicyclic amines) is 1. The number of hydrogen-bond acceptors (Lipinski definition) is 4. The second-order valence-electron chi connectivity index (χ2n) is 5.12. The normalized spacial score (nSPS) is 19.4. The van der Waals surface area contributed by atoms with Crippen LogP contribution in [0, 0.1) is 0 Å². The van der Waals surface area contributed by atoms with Crippen molar-refractivity contribution in [2.24, 2.45) is 0 Å². The van der Waals surface area contributed by atoms with Crippen LogP contribution in [0.25, 0.3) is 0 Å². The van der Waals surface area contributed by atoms with E-state index in [1.54, 1.807) is 6.26 Å². The molecule has 1 fully saturated rings. The van der Waals surface area contributed by atoms with Crippen LogP contribution >= 0.6 is 0 Å². The summed E-state index contributed by atoms with van der Waals surface area (Å²) < 4.78 is 7.31. The molecule has 3 rings (SSSR count). The van der Waals surface area contributed by atoms with E-state index in [1.807, 2.05) is 29.1 Å². The average Bonchev–Trinajstić information content (AvgIpc) is 3.09. The molecule has 2 aromatic rings. The second kappa shape index (κ2) is 5.50. The van der Waals surface area contributed by atoms with Gasteiger partial charge in [0.05, 0.1) is 18.8 Å². The predicted molar refractivity (Wildman–Crippen MR) is 74.2 cm³/mol. The summed E-state index contributed by atoms with van der Waals surface area (Å²) in [4.78, 5) is 13.3. The van der Waals surface area contributed by atoms with Gasteiger partial charge in [-0.25, -0.2) is 0 Å². The lowest BCUT2D eigenvalue weighted by atomic mass is 10.3. The van der Waals surface area contributed by atoms with Gasteiger partial charge in [-0.3, -0.25) is 14.4 Å². The summed E-state index contributed by atoms with van der Waals surface area (Å²) in [7, 11) is 0. The zero-order chi connectivity index (χ0) is 13.9. The van der Waals surface area contributed by atoms with Crippen LogP contribution < -0.4 is 5.32 Å². The van der Waals surface area contributed by atoms with Gasteiger partial charge < -0.3 is 9.73 Å². The third-order valence-corrected chi connectivity index (χ3v) is 3.49. The number of nitrogens with one attached hydrogen (secondary N) is 1. The van der Waals surface area contributed by atoms with Gasteiger partial charge in [-0.05, 0) is 18.6 Å². The molecule has 20 heavy (non-hydrogen) atoms. The SMILES string of the molecule is CC(=O)Nc1ccn([C@H]2CCN(Cc3ccco3)C2)n1. The third kappa shape index (κ3) is 2.91. The number of furan rings is 1. The molecule has 1 N–H and O–H groups in total. The minimum absolute atomic E-state index is 0.0962. The fourth-order valence-electron chi connectivity index (χ4n) is 2.58. The van der Waals surface area contributed by atoms with Crippen molar-refractivity contribution in [1.82, 2.24) is 14.7 Å². The zero-order valence-corrected chi connectivity index (χ0v) is 11.5. The number of hydrogen-bond donors (Lipinski definition) is 1. The predicted octanol–water partition coefficient (Wildman–Crippen LogP) is 1.88. The van der Waals surface area contributed by atoms with E-state index in [-0.39, 0.29) is 5.91 Å². The fourth-order valence-corrected chi connectivity index (χ4v) is 2.58. The molecule has 0 aromatic carbocycles. The van der Waals surface area contributed by atoms with Crippen molar-refractivity contribution < 1.29 is 9.21 Å². The summed E-state index contributed by atoms with van der Waals surface area (Å²) in [5.74, 6) is 1.51. The highest BCUT2D eigenvalue weighted by Crippen LogP contribution is 2.23. The van der Waals surface area contributed by atoms with Crippen molar-refractivity contribution in [2.75, 3.05) is 18.4 Å². The largest absolute Gasteiger partial charge is 0.468 e. The third-order valence-electron chi connectivity index (χ3n) is 3.49. The summed E-state index contributed by atoms with van der Waals surface area (Å²) in [5, 5.41) is 7.10. The Bertz CT molecular complexity index is 576. The summed E-state index contributed by atoms with van der Waals surface area (Å²) in [6.07, 6.45) is 4.68. The van der Waals surface area contributed by atoms with Gasteiger partial charge in [-0.2, -0.15) is 5.10 Å². The maximum Gasteiger partial charge on any atom is 0.222 e. The van der Waals surface area contributed by atoms with Crippen LogP contribution in [-0.4, -0.2) is 33.7 Å². The molecule has 0 unspecified atom stereocenters. The van der Waals surface area contributed by atoms with Gasteiger partial charge in [0.1, 0.15) is 5.76 Å². The summed E-state index contributed by atoms with van der Waals surface area (Å²) >= 11 is 0. The monoisotopic (exact) mass is 274 g/mol. The van der Waals surface area contributed by atoms with Crippen LogP contribution in [0.15, 0.2) is 35.1 Å². The van der Waals surface area contributed by atoms with E-state index in [0.29, 0.717) is 11.9 Å². The van der Waals surface area contributed by atoms with Gasteiger partial charge in [0, 0.05) is 32.3 Å². The van der Waals surface area contributed by atoms with E-state index in [1.165, 1.54) is 6.92 Å². The minimum atomic E-state index is -0.0962. The molecule has 1 amide bonds. The molecule has 0 spiro atoms. The molecule has 1 aliphatic rings. The lowest BCUT2D eigenvalue weighted by molar-refractivity contribution is -0.114. The first-order valence-electron chi connectivity index (χ1n) is 6.78. The second-order valence-corrected chi connectivity index (χ2v) is 5.12. The Balaban J connectivity index is 1.59. The van der Waals surface area contributed by atoms with Gasteiger partial charge in [-0.1, -0.05) is 0 Å². The van der Waals surface area contributed by atoms with Crippen LogP contribution in [0.3, 0.4) is 0 Å². The topological polar surface area (TPSA) is 63.3 Å². The number of carbonyl (C=O) groups excluding carboxylic acids is 1. The molecular formula is C14H18N4O2. The number of carbonyl (C=O) groups is 1. The van der Waals surface area contributed by atoms with Crippen molar-refractivity contribution in [3.63, 3.8) is 0 Å². The molecule has 3 heterocycles. The summed E-state index contributed by atoms with van der Waals surface area (Å²) in [5.41, 5.74) is 0. The lowest BCUT2D eigenvalue weighted by Crippen LogP contribution is -2.21. The molecule has 1 saturated heterocycles. The minimum Gasteiger partial charge on any atom is -0.468 e. The first kappa shape index (κ1) is 12.9. The Labute approximate surface area is 117 Å². The average molecular weight is 274 g/mol. The quantitative estimate of drug-likeness (QED) is 0.924. The van der Waals surface area contributed by atoms with E-state index in [4.69, 9.17) is 4.42 Å². The van der Waals surface area contributed by atoms with Gasteiger partial charge in [0.15, 0.2) is 5.82 Å². The summed E-state index contributed by atoms with van der Waals surface area (Å²) in [6, 6.07) is 6.09. The Morgan fingerprint density at radius 1 is 1.55 bits per heavy atom. The van der Waals surface area contributed by atoms with Crippen molar-refractivity contribution in [2.45, 2.75) is 25.9 Å². The molecular weight excluding hydrogens is 256 g/mol. The Morgan fingerprint density at radius 3 is 3.20 bits per heavy atom. The molecule has 0 radical (unpaired) electrons. The van der Waals surface area contributed by atoms with Gasteiger partial charge in [-0.15, -0.1) is 0 Å². The Hall–Kier alpha value is -2.08. The van der Waals surface area contributed by atoms with Crippen molar-refractivity contribution in [3.05, 3.63) is 36.4 Å². The highest BCUT2D eigenvalue weighted by atomic mass is 16.3. The molecule has 1 atom stereocenters. The highest BCUT2D eigenvalue weighted by molar-refractivity contribution is 5.87. The zero-order valence-electron chi connectivity index (χ0n) is 11.5. The van der Waals surface area contributed by atoms with Crippen LogP contribution in [0.4, 0.5) is 5.82 Å². The van der Waals surface area contributed by atoms with E-state index < -0.39 is 0 Å². The number of rotatable bonds is 4. The molecule has 2 aromatic heterocycles. The number of nitrogens with zero attached hydrogens (tertiary/aromatic N) is 3. The lowest BCUT2D eigenvalue weighted by Gasteiger charge is -2.14. The van der Waals surface area contributed by atoms with Crippen LogP contribution in [0.5, 0.6) is 0 Å². The molecule has 0 bridgehead atoms. The Kier molecular flexibility index (Phi) is 3.56. The molecule has 1 aliphatic heterocycles. The maximum atomic E-state index is 11.0. The van der Waals surface area contributed by atoms with E-state index in [9.17, 15) is 4.79 Å². The van der Waals surface area contributed by atoms with E-state index in [0.717, 1.165) is 31.8 Å². The smallest absolute Gasteiger partial charge is 0.222 e. The first-order chi connectivity index (χ1) is 9.70. The van der Waals surface area contributed by atoms with Crippen LogP contribution in [0.2, 0.25) is 0 Å². The Morgan fingerprint density at radius 2 is 2.45 bits per heavy atom. The standard InChI is InChI=1S/C14H18N4O2/c1-11(19)15-14-5-7-18(16-14)12-4-6-17(9-12)10-13-3-2-8-20-13/h2-3,5,7-8,12H,4,6,9-10H2,1H3,(H,15,16,19)/t12-/m0/s1. The molecule has 106 valence electrons. The highest BCUT2D eigenvalue weighted by Gasteiger charge is 2.25. The van der Waals surface area contributed by atoms with E-state index in [2.05, 4.69) is 15.3 Å².